The first-order valence-corrected chi connectivity index (χ1v) is 10.3. The van der Waals surface area contributed by atoms with E-state index >= 15 is 0 Å². The number of halogens is 1. The summed E-state index contributed by atoms with van der Waals surface area (Å²) in [6.07, 6.45) is 0. The lowest BCUT2D eigenvalue weighted by atomic mass is 9.87. The summed E-state index contributed by atoms with van der Waals surface area (Å²) >= 11 is 6.07. The zero-order valence-electron chi connectivity index (χ0n) is 17.7. The molecular weight excluding hydrogens is 404 g/mol. The number of rotatable bonds is 6. The van der Waals surface area contributed by atoms with Crippen molar-refractivity contribution in [1.82, 2.24) is 9.80 Å². The summed E-state index contributed by atoms with van der Waals surface area (Å²) in [7, 11) is 4.98. The quantitative estimate of drug-likeness (QED) is 0.701. The molecule has 6 nitrogen and oxygen atoms in total. The van der Waals surface area contributed by atoms with Crippen molar-refractivity contribution in [2.24, 2.45) is 5.92 Å². The highest BCUT2D eigenvalue weighted by molar-refractivity contribution is 6.30. The lowest BCUT2D eigenvalue weighted by Crippen LogP contribution is -2.37. The summed E-state index contributed by atoms with van der Waals surface area (Å²) in [5.41, 5.74) is 1.37. The zero-order valence-corrected chi connectivity index (χ0v) is 18.5. The van der Waals surface area contributed by atoms with Crippen LogP contribution in [0.4, 0.5) is 0 Å². The minimum atomic E-state index is -0.376. The Balaban J connectivity index is 1.99. The van der Waals surface area contributed by atoms with Gasteiger partial charge in [0.15, 0.2) is 0 Å². The van der Waals surface area contributed by atoms with E-state index in [1.54, 1.807) is 55.3 Å². The van der Waals surface area contributed by atoms with Crippen LogP contribution in [-0.2, 0) is 4.79 Å². The van der Waals surface area contributed by atoms with Gasteiger partial charge in [0, 0.05) is 48.7 Å². The van der Waals surface area contributed by atoms with E-state index in [4.69, 9.17) is 21.1 Å². The SMILES string of the molecule is CCN(C)C(=O)C1CN(C(=O)c2cccc(Cl)c2)CC1c1cc(OC)ccc1OC. The van der Waals surface area contributed by atoms with E-state index in [-0.39, 0.29) is 23.7 Å². The molecule has 0 N–H and O–H groups in total. The maximum absolute atomic E-state index is 13.2. The van der Waals surface area contributed by atoms with Gasteiger partial charge in [0.05, 0.1) is 20.1 Å². The Kier molecular flexibility index (Phi) is 6.87. The third kappa shape index (κ3) is 4.38. The highest BCUT2D eigenvalue weighted by atomic mass is 35.5. The van der Waals surface area contributed by atoms with Crippen molar-refractivity contribution in [2.45, 2.75) is 12.8 Å². The van der Waals surface area contributed by atoms with Crippen LogP contribution in [0.1, 0.15) is 28.8 Å². The maximum atomic E-state index is 13.2. The number of benzene rings is 2. The fourth-order valence-corrected chi connectivity index (χ4v) is 4.10. The first-order chi connectivity index (χ1) is 14.4. The van der Waals surface area contributed by atoms with Gasteiger partial charge in [0.25, 0.3) is 5.91 Å². The van der Waals surface area contributed by atoms with E-state index in [2.05, 4.69) is 0 Å². The van der Waals surface area contributed by atoms with Crippen molar-refractivity contribution in [1.29, 1.82) is 0 Å². The Hall–Kier alpha value is -2.73. The molecule has 2 unspecified atom stereocenters. The molecule has 0 radical (unpaired) electrons. The average Bonchev–Trinajstić information content (AvgIpc) is 3.22. The second-order valence-corrected chi connectivity index (χ2v) is 7.83. The third-order valence-electron chi connectivity index (χ3n) is 5.68. The molecule has 0 aromatic heterocycles. The number of hydrogen-bond acceptors (Lipinski definition) is 4. The van der Waals surface area contributed by atoms with Gasteiger partial charge in [0.2, 0.25) is 5.91 Å². The van der Waals surface area contributed by atoms with E-state index < -0.39 is 0 Å². The van der Waals surface area contributed by atoms with E-state index in [9.17, 15) is 9.59 Å². The van der Waals surface area contributed by atoms with E-state index in [1.807, 2.05) is 25.1 Å². The van der Waals surface area contributed by atoms with Gasteiger partial charge >= 0.3 is 0 Å². The molecule has 2 amide bonds. The predicted octanol–water partition coefficient (Wildman–Crippen LogP) is 3.69. The topological polar surface area (TPSA) is 59.1 Å². The van der Waals surface area contributed by atoms with Crippen LogP contribution in [-0.4, -0.2) is 62.5 Å². The molecule has 0 saturated carbocycles. The van der Waals surface area contributed by atoms with Gasteiger partial charge < -0.3 is 19.3 Å². The van der Waals surface area contributed by atoms with E-state index in [1.165, 1.54) is 0 Å². The number of amides is 2. The van der Waals surface area contributed by atoms with Crippen molar-refractivity contribution in [2.75, 3.05) is 40.9 Å². The van der Waals surface area contributed by atoms with Crippen LogP contribution in [0.5, 0.6) is 11.5 Å². The predicted molar refractivity (Wildman–Crippen MR) is 116 cm³/mol. The average molecular weight is 431 g/mol. The monoisotopic (exact) mass is 430 g/mol. The van der Waals surface area contributed by atoms with Crippen LogP contribution in [0.25, 0.3) is 0 Å². The van der Waals surface area contributed by atoms with Gasteiger partial charge in [-0.2, -0.15) is 0 Å². The highest BCUT2D eigenvalue weighted by Gasteiger charge is 2.42. The number of hydrogen-bond donors (Lipinski definition) is 0. The Morgan fingerprint density at radius 2 is 1.90 bits per heavy atom. The second-order valence-electron chi connectivity index (χ2n) is 7.39. The van der Waals surface area contributed by atoms with Gasteiger partial charge in [0.1, 0.15) is 11.5 Å². The number of ether oxygens (including phenoxy) is 2. The number of carbonyl (C=O) groups excluding carboxylic acids is 2. The maximum Gasteiger partial charge on any atom is 0.253 e. The third-order valence-corrected chi connectivity index (χ3v) is 5.92. The smallest absolute Gasteiger partial charge is 0.253 e. The lowest BCUT2D eigenvalue weighted by Gasteiger charge is -2.24. The fourth-order valence-electron chi connectivity index (χ4n) is 3.91. The van der Waals surface area contributed by atoms with Crippen molar-refractivity contribution >= 4 is 23.4 Å². The van der Waals surface area contributed by atoms with Gasteiger partial charge in [-0.25, -0.2) is 0 Å². The molecule has 30 heavy (non-hydrogen) atoms. The van der Waals surface area contributed by atoms with Gasteiger partial charge in [-0.1, -0.05) is 17.7 Å². The largest absolute Gasteiger partial charge is 0.497 e. The first kappa shape index (κ1) is 22.0. The molecule has 3 rings (SSSR count). The second kappa shape index (κ2) is 9.39. The Morgan fingerprint density at radius 1 is 1.13 bits per heavy atom. The Bertz CT molecular complexity index is 933. The number of nitrogens with zero attached hydrogens (tertiary/aromatic N) is 2. The molecule has 1 heterocycles. The molecule has 7 heteroatoms. The Morgan fingerprint density at radius 3 is 2.53 bits per heavy atom. The van der Waals surface area contributed by atoms with Crippen molar-refractivity contribution < 1.29 is 19.1 Å². The summed E-state index contributed by atoms with van der Waals surface area (Å²) in [5, 5.41) is 0.504. The van der Waals surface area contributed by atoms with Crippen LogP contribution in [0.3, 0.4) is 0 Å². The van der Waals surface area contributed by atoms with Gasteiger partial charge in [-0.15, -0.1) is 0 Å². The molecule has 1 aliphatic rings. The zero-order chi connectivity index (χ0) is 21.8. The molecule has 1 aliphatic heterocycles. The van der Waals surface area contributed by atoms with Crippen LogP contribution in [0, 0.1) is 5.92 Å². The fraction of sp³-hybridized carbons (Fsp3) is 0.391. The lowest BCUT2D eigenvalue weighted by molar-refractivity contribution is -0.133. The minimum absolute atomic E-state index is 0.00812. The van der Waals surface area contributed by atoms with Crippen LogP contribution >= 0.6 is 11.6 Å². The van der Waals surface area contributed by atoms with Crippen molar-refractivity contribution in [3.05, 3.63) is 58.6 Å². The van der Waals surface area contributed by atoms with Crippen molar-refractivity contribution in [3.63, 3.8) is 0 Å². The van der Waals surface area contributed by atoms with E-state index in [0.717, 1.165) is 5.56 Å². The summed E-state index contributed by atoms with van der Waals surface area (Å²) in [5.74, 6) is 0.640. The highest BCUT2D eigenvalue weighted by Crippen LogP contribution is 2.40. The molecule has 2 atom stereocenters. The summed E-state index contributed by atoms with van der Waals surface area (Å²) < 4.78 is 11.0. The normalized spacial score (nSPS) is 18.2. The molecule has 1 saturated heterocycles. The first-order valence-electron chi connectivity index (χ1n) is 9.91. The number of likely N-dealkylation sites (tertiary alicyclic amines) is 1. The molecule has 1 fully saturated rings. The molecule has 2 aromatic carbocycles. The molecule has 0 spiro atoms. The summed E-state index contributed by atoms with van der Waals surface area (Å²) in [6, 6.07) is 12.4. The molecular formula is C23H27ClN2O4. The van der Waals surface area contributed by atoms with Crippen LogP contribution < -0.4 is 9.47 Å². The van der Waals surface area contributed by atoms with E-state index in [0.29, 0.717) is 41.7 Å². The minimum Gasteiger partial charge on any atom is -0.497 e. The number of carbonyl (C=O) groups is 2. The van der Waals surface area contributed by atoms with Crippen LogP contribution in [0.15, 0.2) is 42.5 Å². The van der Waals surface area contributed by atoms with Gasteiger partial charge in [-0.05, 0) is 43.3 Å². The molecule has 2 aromatic rings. The van der Waals surface area contributed by atoms with Crippen LogP contribution in [0.2, 0.25) is 5.02 Å². The molecule has 160 valence electrons. The number of methoxy groups -OCH3 is 2. The molecule has 0 aliphatic carbocycles. The van der Waals surface area contributed by atoms with Gasteiger partial charge in [-0.3, -0.25) is 9.59 Å². The van der Waals surface area contributed by atoms with Crippen molar-refractivity contribution in [3.8, 4) is 11.5 Å². The Labute approximate surface area is 182 Å². The summed E-state index contributed by atoms with van der Waals surface area (Å²) in [6.45, 7) is 3.27. The molecule has 0 bridgehead atoms. The standard InChI is InChI=1S/C23H27ClN2O4/c1-5-25(2)23(28)20-14-26(22(27)15-7-6-8-16(24)11-15)13-19(20)18-12-17(29-3)9-10-21(18)30-4/h6-12,19-20H,5,13-14H2,1-4H3. The summed E-state index contributed by atoms with van der Waals surface area (Å²) in [4.78, 5) is 29.7.